The van der Waals surface area contributed by atoms with Crippen molar-refractivity contribution in [2.75, 3.05) is 11.9 Å². The average molecular weight is 296 g/mol. The van der Waals surface area contributed by atoms with E-state index in [2.05, 4.69) is 10.3 Å². The van der Waals surface area contributed by atoms with Gasteiger partial charge in [-0.2, -0.15) is 0 Å². The summed E-state index contributed by atoms with van der Waals surface area (Å²) in [6.07, 6.45) is 1.56. The van der Waals surface area contributed by atoms with Crippen LogP contribution in [0.4, 0.5) is 10.1 Å². The van der Waals surface area contributed by atoms with Crippen molar-refractivity contribution in [3.05, 3.63) is 66.6 Å². The number of pyridine rings is 1. The molecule has 0 aliphatic heterocycles. The Hall–Kier alpha value is -2.95. The number of amides is 1. The van der Waals surface area contributed by atoms with E-state index in [9.17, 15) is 9.18 Å². The number of anilines is 1. The molecule has 0 unspecified atom stereocenters. The molecule has 110 valence electrons. The predicted octanol–water partition coefficient (Wildman–Crippen LogP) is 3.39. The number of fused-ring (bicyclic) bond motifs is 1. The monoisotopic (exact) mass is 296 g/mol. The molecule has 0 aliphatic rings. The predicted molar refractivity (Wildman–Crippen MR) is 82.3 cm³/mol. The molecule has 0 aliphatic carbocycles. The molecule has 0 saturated heterocycles. The normalized spacial score (nSPS) is 10.4. The summed E-state index contributed by atoms with van der Waals surface area (Å²) in [5.74, 6) is -0.0829. The fourth-order valence-electron chi connectivity index (χ4n) is 2.08. The van der Waals surface area contributed by atoms with Crippen molar-refractivity contribution in [3.8, 4) is 5.75 Å². The standard InChI is InChI=1S/C17H13FN2O2/c18-12-6-7-15-14(10-12)16(8-9-19-15)20-17(21)11-22-13-4-2-1-3-5-13/h1-10H,11H2,(H,19,20,21). The van der Waals surface area contributed by atoms with Crippen molar-refractivity contribution in [1.82, 2.24) is 4.98 Å². The molecule has 1 aromatic heterocycles. The van der Waals surface area contributed by atoms with Crippen LogP contribution in [0.1, 0.15) is 0 Å². The minimum atomic E-state index is -0.378. The fourth-order valence-corrected chi connectivity index (χ4v) is 2.08. The molecule has 0 radical (unpaired) electrons. The molecule has 0 bridgehead atoms. The Morgan fingerprint density at radius 2 is 1.95 bits per heavy atom. The van der Waals surface area contributed by atoms with Gasteiger partial charge in [-0.05, 0) is 36.4 Å². The first-order chi connectivity index (χ1) is 10.7. The molecule has 0 spiro atoms. The number of carbonyl (C=O) groups excluding carboxylic acids is 1. The van der Waals surface area contributed by atoms with Crippen molar-refractivity contribution in [2.45, 2.75) is 0 Å². The van der Waals surface area contributed by atoms with Crippen LogP contribution in [-0.2, 0) is 4.79 Å². The van der Waals surface area contributed by atoms with E-state index >= 15 is 0 Å². The first kappa shape index (κ1) is 14.0. The lowest BCUT2D eigenvalue weighted by molar-refractivity contribution is -0.118. The van der Waals surface area contributed by atoms with Crippen LogP contribution in [0.3, 0.4) is 0 Å². The first-order valence-corrected chi connectivity index (χ1v) is 6.74. The van der Waals surface area contributed by atoms with Crippen LogP contribution in [0.25, 0.3) is 10.9 Å². The molecular weight excluding hydrogens is 283 g/mol. The van der Waals surface area contributed by atoms with Crippen molar-refractivity contribution in [3.63, 3.8) is 0 Å². The molecule has 5 heteroatoms. The number of aromatic nitrogens is 1. The van der Waals surface area contributed by atoms with Crippen molar-refractivity contribution >= 4 is 22.5 Å². The molecule has 0 fully saturated rings. The minimum absolute atomic E-state index is 0.122. The van der Waals surface area contributed by atoms with E-state index in [-0.39, 0.29) is 18.3 Å². The van der Waals surface area contributed by atoms with Gasteiger partial charge in [-0.3, -0.25) is 9.78 Å². The molecule has 3 rings (SSSR count). The van der Waals surface area contributed by atoms with Crippen molar-refractivity contribution < 1.29 is 13.9 Å². The van der Waals surface area contributed by atoms with E-state index in [4.69, 9.17) is 4.74 Å². The average Bonchev–Trinajstić information content (AvgIpc) is 2.54. The summed E-state index contributed by atoms with van der Waals surface area (Å²) in [6, 6.07) is 14.9. The third-order valence-corrected chi connectivity index (χ3v) is 3.09. The van der Waals surface area contributed by atoms with E-state index in [0.29, 0.717) is 22.3 Å². The number of benzene rings is 2. The Balaban J connectivity index is 1.73. The van der Waals surface area contributed by atoms with Crippen LogP contribution in [0.15, 0.2) is 60.8 Å². The lowest BCUT2D eigenvalue weighted by Crippen LogP contribution is -2.20. The molecule has 1 heterocycles. The summed E-state index contributed by atoms with van der Waals surface area (Å²) < 4.78 is 18.7. The Morgan fingerprint density at radius 3 is 2.77 bits per heavy atom. The Labute approximate surface area is 126 Å². The molecule has 0 atom stereocenters. The third kappa shape index (κ3) is 3.20. The number of ether oxygens (including phenoxy) is 1. The van der Waals surface area contributed by atoms with Gasteiger partial charge in [0.05, 0.1) is 11.2 Å². The molecule has 3 aromatic rings. The van der Waals surface area contributed by atoms with Crippen molar-refractivity contribution in [2.24, 2.45) is 0 Å². The van der Waals surface area contributed by atoms with E-state index in [0.717, 1.165) is 0 Å². The smallest absolute Gasteiger partial charge is 0.262 e. The molecule has 4 nitrogen and oxygen atoms in total. The first-order valence-electron chi connectivity index (χ1n) is 6.74. The van der Waals surface area contributed by atoms with Gasteiger partial charge >= 0.3 is 0 Å². The Morgan fingerprint density at radius 1 is 1.14 bits per heavy atom. The highest BCUT2D eigenvalue weighted by molar-refractivity contribution is 6.01. The number of para-hydroxylation sites is 1. The van der Waals surface area contributed by atoms with Crippen LogP contribution in [0.2, 0.25) is 0 Å². The molecule has 1 amide bonds. The lowest BCUT2D eigenvalue weighted by atomic mass is 10.2. The highest BCUT2D eigenvalue weighted by atomic mass is 19.1. The van der Waals surface area contributed by atoms with Crippen molar-refractivity contribution in [1.29, 1.82) is 0 Å². The maximum Gasteiger partial charge on any atom is 0.262 e. The van der Waals surface area contributed by atoms with E-state index in [1.54, 1.807) is 30.5 Å². The number of hydrogen-bond acceptors (Lipinski definition) is 3. The number of rotatable bonds is 4. The second-order valence-electron chi connectivity index (χ2n) is 4.67. The van der Waals surface area contributed by atoms with Gasteiger partial charge in [0.25, 0.3) is 5.91 Å². The van der Waals surface area contributed by atoms with Gasteiger partial charge in [0, 0.05) is 11.6 Å². The van der Waals surface area contributed by atoms with Gasteiger partial charge < -0.3 is 10.1 Å². The maximum atomic E-state index is 13.4. The lowest BCUT2D eigenvalue weighted by Gasteiger charge is -2.09. The number of nitrogens with zero attached hydrogens (tertiary/aromatic N) is 1. The quantitative estimate of drug-likeness (QED) is 0.803. The van der Waals surface area contributed by atoms with Gasteiger partial charge in [0.1, 0.15) is 11.6 Å². The maximum absolute atomic E-state index is 13.4. The number of halogens is 1. The Bertz CT molecular complexity index is 806. The zero-order valence-electron chi connectivity index (χ0n) is 11.6. The second kappa shape index (κ2) is 6.22. The number of nitrogens with one attached hydrogen (secondary N) is 1. The van der Waals surface area contributed by atoms with E-state index < -0.39 is 0 Å². The third-order valence-electron chi connectivity index (χ3n) is 3.09. The summed E-state index contributed by atoms with van der Waals surface area (Å²) in [5, 5.41) is 3.26. The van der Waals surface area contributed by atoms with Crippen LogP contribution >= 0.6 is 0 Å². The summed E-state index contributed by atoms with van der Waals surface area (Å²) in [5.41, 5.74) is 1.12. The van der Waals surface area contributed by atoms with Crippen LogP contribution < -0.4 is 10.1 Å². The minimum Gasteiger partial charge on any atom is -0.484 e. The number of hydrogen-bond donors (Lipinski definition) is 1. The molecule has 0 saturated carbocycles. The zero-order chi connectivity index (χ0) is 15.4. The zero-order valence-corrected chi connectivity index (χ0v) is 11.6. The van der Waals surface area contributed by atoms with Gasteiger partial charge in [0.2, 0.25) is 0 Å². The molecule has 1 N–H and O–H groups in total. The van der Waals surface area contributed by atoms with Crippen LogP contribution in [-0.4, -0.2) is 17.5 Å². The largest absolute Gasteiger partial charge is 0.484 e. The summed E-state index contributed by atoms with van der Waals surface area (Å²) in [6.45, 7) is -0.122. The molecular formula is C17H13FN2O2. The highest BCUT2D eigenvalue weighted by Crippen LogP contribution is 2.22. The summed E-state index contributed by atoms with van der Waals surface area (Å²) >= 11 is 0. The second-order valence-corrected chi connectivity index (χ2v) is 4.67. The van der Waals surface area contributed by atoms with Gasteiger partial charge in [-0.15, -0.1) is 0 Å². The van der Waals surface area contributed by atoms with Gasteiger partial charge in [-0.1, -0.05) is 18.2 Å². The molecule has 2 aromatic carbocycles. The Kier molecular flexibility index (Phi) is 3.96. The fraction of sp³-hybridized carbons (Fsp3) is 0.0588. The molecule has 22 heavy (non-hydrogen) atoms. The van der Waals surface area contributed by atoms with Gasteiger partial charge in [-0.25, -0.2) is 4.39 Å². The SMILES string of the molecule is O=C(COc1ccccc1)Nc1ccnc2ccc(F)cc12. The number of carbonyl (C=O) groups is 1. The topological polar surface area (TPSA) is 51.2 Å². The van der Waals surface area contributed by atoms with Crippen LogP contribution in [0.5, 0.6) is 5.75 Å². The summed E-state index contributed by atoms with van der Waals surface area (Å²) in [7, 11) is 0. The highest BCUT2D eigenvalue weighted by Gasteiger charge is 2.08. The van der Waals surface area contributed by atoms with Crippen LogP contribution in [0, 0.1) is 5.82 Å². The van der Waals surface area contributed by atoms with E-state index in [1.807, 2.05) is 18.2 Å². The van der Waals surface area contributed by atoms with E-state index in [1.165, 1.54) is 12.1 Å². The summed E-state index contributed by atoms with van der Waals surface area (Å²) in [4.78, 5) is 16.1. The van der Waals surface area contributed by atoms with Gasteiger partial charge in [0.15, 0.2) is 6.61 Å².